The van der Waals surface area contributed by atoms with Crippen LogP contribution in [0.2, 0.25) is 0 Å². The van der Waals surface area contributed by atoms with Gasteiger partial charge in [0.05, 0.1) is 10.6 Å². The van der Waals surface area contributed by atoms with Crippen LogP contribution in [0.25, 0.3) is 0 Å². The Morgan fingerprint density at radius 1 is 0.822 bits per heavy atom. The molecule has 0 heterocycles. The minimum Gasteiger partial charge on any atom is -0.354 e. The van der Waals surface area contributed by atoms with Crippen LogP contribution in [0, 0.1) is 20.8 Å². The van der Waals surface area contributed by atoms with Gasteiger partial charge in [-0.05, 0) is 79.8 Å². The molecule has 0 bridgehead atoms. The second kappa shape index (κ2) is 15.4. The van der Waals surface area contributed by atoms with Crippen molar-refractivity contribution in [2.75, 3.05) is 17.4 Å². The number of sulfonamides is 1. The van der Waals surface area contributed by atoms with Crippen molar-refractivity contribution in [2.45, 2.75) is 58.0 Å². The molecule has 236 valence electrons. The first-order valence-corrected chi connectivity index (χ1v) is 17.2. The first-order chi connectivity index (χ1) is 21.5. The maximum atomic E-state index is 14.6. The van der Waals surface area contributed by atoms with Crippen molar-refractivity contribution in [2.24, 2.45) is 0 Å². The third-order valence-corrected chi connectivity index (χ3v) is 9.91. The molecule has 0 unspecified atom stereocenters. The number of aryl methyl sites for hydroxylation is 3. The second-order valence-electron chi connectivity index (χ2n) is 11.3. The molecule has 4 aromatic carbocycles. The topological polar surface area (TPSA) is 86.8 Å². The number of amides is 2. The highest BCUT2D eigenvalue weighted by molar-refractivity contribution is 9.10. The SMILES string of the molecule is CCCNC(=O)[C@@H](Cc1ccccc1)N(Cc1ccc(Br)cc1)C(=O)CN(c1cc(C)ccc1C)S(=O)(=O)c1ccc(C)cc1. The normalized spacial score (nSPS) is 11.9. The number of hydrogen-bond donors (Lipinski definition) is 1. The van der Waals surface area contributed by atoms with E-state index in [1.54, 1.807) is 30.3 Å². The van der Waals surface area contributed by atoms with Gasteiger partial charge in [-0.15, -0.1) is 0 Å². The molecule has 0 saturated carbocycles. The molecule has 1 atom stereocenters. The van der Waals surface area contributed by atoms with E-state index in [9.17, 15) is 18.0 Å². The minimum absolute atomic E-state index is 0.0859. The third kappa shape index (κ3) is 8.83. The molecule has 0 aliphatic rings. The number of halogens is 1. The highest BCUT2D eigenvalue weighted by Gasteiger charge is 2.35. The fraction of sp³-hybridized carbons (Fsp3) is 0.278. The molecule has 0 saturated heterocycles. The molecule has 7 nitrogen and oxygen atoms in total. The first-order valence-electron chi connectivity index (χ1n) is 15.0. The van der Waals surface area contributed by atoms with Gasteiger partial charge in [-0.3, -0.25) is 13.9 Å². The Kier molecular flexibility index (Phi) is 11.6. The predicted octanol–water partition coefficient (Wildman–Crippen LogP) is 6.74. The van der Waals surface area contributed by atoms with E-state index in [0.29, 0.717) is 17.8 Å². The first kappa shape index (κ1) is 33.9. The largest absolute Gasteiger partial charge is 0.354 e. The summed E-state index contributed by atoms with van der Waals surface area (Å²) in [6.07, 6.45) is 1.01. The predicted molar refractivity (Wildman–Crippen MR) is 184 cm³/mol. The maximum Gasteiger partial charge on any atom is 0.264 e. The zero-order valence-corrected chi connectivity index (χ0v) is 28.6. The van der Waals surface area contributed by atoms with Crippen molar-refractivity contribution in [1.82, 2.24) is 10.2 Å². The lowest BCUT2D eigenvalue weighted by molar-refractivity contribution is -0.140. The smallest absolute Gasteiger partial charge is 0.264 e. The van der Waals surface area contributed by atoms with Gasteiger partial charge in [-0.2, -0.15) is 0 Å². The lowest BCUT2D eigenvalue weighted by Crippen LogP contribution is -2.53. The van der Waals surface area contributed by atoms with E-state index in [0.717, 1.165) is 33.1 Å². The number of carbonyl (C=O) groups is 2. The Labute approximate surface area is 275 Å². The van der Waals surface area contributed by atoms with Gasteiger partial charge < -0.3 is 10.2 Å². The Morgan fingerprint density at radius 3 is 2.11 bits per heavy atom. The zero-order chi connectivity index (χ0) is 32.6. The van der Waals surface area contributed by atoms with Crippen molar-refractivity contribution < 1.29 is 18.0 Å². The van der Waals surface area contributed by atoms with E-state index in [-0.39, 0.29) is 23.8 Å². The van der Waals surface area contributed by atoms with Crippen LogP contribution in [0.15, 0.2) is 106 Å². The molecule has 9 heteroatoms. The highest BCUT2D eigenvalue weighted by atomic mass is 79.9. The van der Waals surface area contributed by atoms with E-state index >= 15 is 0 Å². The van der Waals surface area contributed by atoms with Gasteiger partial charge in [0, 0.05) is 24.0 Å². The molecule has 45 heavy (non-hydrogen) atoms. The quantitative estimate of drug-likeness (QED) is 0.169. The number of nitrogens with zero attached hydrogens (tertiary/aromatic N) is 2. The van der Waals surface area contributed by atoms with E-state index in [2.05, 4.69) is 21.2 Å². The monoisotopic (exact) mass is 689 g/mol. The van der Waals surface area contributed by atoms with Gasteiger partial charge in [0.15, 0.2) is 0 Å². The molecule has 0 fully saturated rings. The number of nitrogens with one attached hydrogen (secondary N) is 1. The molecule has 0 aliphatic heterocycles. The molecule has 2 amide bonds. The van der Waals surface area contributed by atoms with Gasteiger partial charge in [-0.1, -0.05) is 95.1 Å². The van der Waals surface area contributed by atoms with Crippen LogP contribution in [0.1, 0.15) is 41.2 Å². The van der Waals surface area contributed by atoms with Crippen LogP contribution in [0.5, 0.6) is 0 Å². The molecular formula is C36H40BrN3O4S. The number of hydrogen-bond acceptors (Lipinski definition) is 4. The lowest BCUT2D eigenvalue weighted by atomic mass is 10.0. The molecule has 0 aromatic heterocycles. The number of anilines is 1. The fourth-order valence-electron chi connectivity index (χ4n) is 5.05. The van der Waals surface area contributed by atoms with Crippen molar-refractivity contribution in [3.8, 4) is 0 Å². The Balaban J connectivity index is 1.82. The van der Waals surface area contributed by atoms with Crippen LogP contribution >= 0.6 is 15.9 Å². The van der Waals surface area contributed by atoms with Gasteiger partial charge in [-0.25, -0.2) is 8.42 Å². The maximum absolute atomic E-state index is 14.6. The van der Waals surface area contributed by atoms with E-state index < -0.39 is 28.5 Å². The summed E-state index contributed by atoms with van der Waals surface area (Å²) in [6.45, 7) is 7.66. The third-order valence-electron chi connectivity index (χ3n) is 7.61. The van der Waals surface area contributed by atoms with Crippen molar-refractivity contribution >= 4 is 43.5 Å². The van der Waals surface area contributed by atoms with Gasteiger partial charge in [0.25, 0.3) is 10.0 Å². The van der Waals surface area contributed by atoms with E-state index in [1.165, 1.54) is 9.21 Å². The lowest BCUT2D eigenvalue weighted by Gasteiger charge is -2.34. The van der Waals surface area contributed by atoms with Crippen LogP contribution in [-0.4, -0.2) is 44.3 Å². The Hall–Kier alpha value is -3.95. The summed E-state index contributed by atoms with van der Waals surface area (Å²) >= 11 is 3.47. The summed E-state index contributed by atoms with van der Waals surface area (Å²) in [7, 11) is -4.16. The van der Waals surface area contributed by atoms with Crippen molar-refractivity contribution in [3.05, 3.63) is 129 Å². The molecule has 0 spiro atoms. The average molecular weight is 691 g/mol. The average Bonchev–Trinajstić information content (AvgIpc) is 3.03. The van der Waals surface area contributed by atoms with Crippen LogP contribution < -0.4 is 9.62 Å². The van der Waals surface area contributed by atoms with Gasteiger partial charge in [0.1, 0.15) is 12.6 Å². The van der Waals surface area contributed by atoms with Gasteiger partial charge in [0.2, 0.25) is 11.8 Å². The number of carbonyl (C=O) groups excluding carboxylic acids is 2. The van der Waals surface area contributed by atoms with E-state index in [4.69, 9.17) is 0 Å². The standard InChI is InChI=1S/C36H40BrN3O4S/c1-5-21-38-36(42)34(23-29-9-7-6-8-10-29)39(24-30-15-17-31(37)18-16-30)35(41)25-40(33-22-27(3)11-14-28(33)4)45(43,44)32-19-12-26(2)13-20-32/h6-20,22,34H,5,21,23-25H2,1-4H3,(H,38,42)/t34-/m1/s1. The molecule has 4 aromatic rings. The number of benzene rings is 4. The molecule has 0 radical (unpaired) electrons. The molecule has 0 aliphatic carbocycles. The molecule has 4 rings (SSSR count). The summed E-state index contributed by atoms with van der Waals surface area (Å²) in [6, 6.07) is 28.3. The van der Waals surface area contributed by atoms with Crippen molar-refractivity contribution in [1.29, 1.82) is 0 Å². The fourth-order valence-corrected chi connectivity index (χ4v) is 6.78. The highest BCUT2D eigenvalue weighted by Crippen LogP contribution is 2.29. The number of rotatable bonds is 13. The zero-order valence-electron chi connectivity index (χ0n) is 26.2. The Morgan fingerprint density at radius 2 is 1.47 bits per heavy atom. The molecule has 1 N–H and O–H groups in total. The summed E-state index contributed by atoms with van der Waals surface area (Å²) in [4.78, 5) is 29.9. The van der Waals surface area contributed by atoms with Crippen molar-refractivity contribution in [3.63, 3.8) is 0 Å². The summed E-state index contributed by atoms with van der Waals surface area (Å²) in [5.74, 6) is -0.770. The van der Waals surface area contributed by atoms with Crippen LogP contribution in [-0.2, 0) is 32.6 Å². The van der Waals surface area contributed by atoms with Crippen LogP contribution in [0.4, 0.5) is 5.69 Å². The minimum atomic E-state index is -4.16. The Bertz CT molecular complexity index is 1710. The molecular weight excluding hydrogens is 650 g/mol. The second-order valence-corrected chi connectivity index (χ2v) is 14.0. The van der Waals surface area contributed by atoms with Gasteiger partial charge >= 0.3 is 0 Å². The summed E-state index contributed by atoms with van der Waals surface area (Å²) < 4.78 is 30.6. The van der Waals surface area contributed by atoms with Crippen LogP contribution in [0.3, 0.4) is 0 Å². The summed E-state index contributed by atoms with van der Waals surface area (Å²) in [5, 5.41) is 2.97. The summed E-state index contributed by atoms with van der Waals surface area (Å²) in [5.41, 5.74) is 4.62. The van der Waals surface area contributed by atoms with E-state index in [1.807, 2.05) is 94.4 Å².